The van der Waals surface area contributed by atoms with Crippen molar-refractivity contribution in [1.82, 2.24) is 0 Å². The third kappa shape index (κ3) is 8.65. The third-order valence-corrected chi connectivity index (χ3v) is 7.66. The molecule has 1 rings (SSSR count). The van der Waals surface area contributed by atoms with E-state index in [9.17, 15) is 9.90 Å². The van der Waals surface area contributed by atoms with Crippen LogP contribution >= 0.6 is 47.0 Å². The molecule has 19 heavy (non-hydrogen) atoms. The molecule has 0 radical (unpaired) electrons. The van der Waals surface area contributed by atoms with E-state index in [1.54, 1.807) is 23.5 Å². The fraction of sp³-hybridized carbons (Fsp3) is 0.917. The molecule has 1 unspecified atom stereocenters. The predicted octanol–water partition coefficient (Wildman–Crippen LogP) is 2.38. The molecule has 0 spiro atoms. The van der Waals surface area contributed by atoms with E-state index in [1.165, 1.54) is 17.9 Å². The second kappa shape index (κ2) is 11.5. The number of aliphatic hydroxyl groups excluding tert-OH is 1. The van der Waals surface area contributed by atoms with Gasteiger partial charge in [0.25, 0.3) is 0 Å². The highest BCUT2D eigenvalue weighted by Gasteiger charge is 2.25. The maximum Gasteiger partial charge on any atom is 0.332 e. The van der Waals surface area contributed by atoms with Crippen LogP contribution < -0.4 is 0 Å². The molecule has 3 nitrogen and oxygen atoms in total. The van der Waals surface area contributed by atoms with Crippen molar-refractivity contribution >= 4 is 53.0 Å². The van der Waals surface area contributed by atoms with Gasteiger partial charge in [-0.3, -0.25) is 0 Å². The van der Waals surface area contributed by atoms with E-state index in [-0.39, 0.29) is 5.92 Å². The predicted molar refractivity (Wildman–Crippen MR) is 91.0 cm³/mol. The molecule has 2 N–H and O–H groups in total. The minimum atomic E-state index is -1.21. The average molecular weight is 343 g/mol. The molecular weight excluding hydrogens is 320 g/mol. The van der Waals surface area contributed by atoms with E-state index < -0.39 is 12.1 Å². The normalized spacial score (nSPS) is 23.4. The second-order valence-electron chi connectivity index (χ2n) is 4.27. The highest BCUT2D eigenvalue weighted by molar-refractivity contribution is 8.03. The largest absolute Gasteiger partial charge is 0.479 e. The van der Waals surface area contributed by atoms with Crippen LogP contribution in [0.2, 0.25) is 0 Å². The molecule has 0 amide bonds. The van der Waals surface area contributed by atoms with Gasteiger partial charge in [-0.1, -0.05) is 0 Å². The molecule has 112 valence electrons. The zero-order valence-electron chi connectivity index (χ0n) is 11.0. The minimum absolute atomic E-state index is 0.134. The van der Waals surface area contributed by atoms with Crippen LogP contribution in [-0.4, -0.2) is 68.3 Å². The number of aliphatic carboxylic acids is 1. The number of carboxylic acid groups (broad SMARTS) is 1. The Hall–Kier alpha value is 0.830. The maximum atomic E-state index is 10.9. The minimum Gasteiger partial charge on any atom is -0.479 e. The first-order valence-corrected chi connectivity index (χ1v) is 11.1. The molecule has 1 fully saturated rings. The van der Waals surface area contributed by atoms with E-state index in [0.717, 1.165) is 34.5 Å². The Labute approximate surface area is 132 Å². The van der Waals surface area contributed by atoms with Gasteiger partial charge >= 0.3 is 5.97 Å². The average Bonchev–Trinajstić information content (AvgIpc) is 2.40. The molecule has 1 aliphatic rings. The first-order valence-electron chi connectivity index (χ1n) is 6.43. The van der Waals surface area contributed by atoms with Gasteiger partial charge in [0.2, 0.25) is 0 Å². The standard InChI is InChI=1S/C12H22O3S4/c13-11(12(14)15)10-8-18-6-4-16-2-1-3-17-5-7-19-9-10/h10-11,13H,1-9H2,(H,14,15). The molecule has 1 heterocycles. The SMILES string of the molecule is O=C(O)C(O)C1CSCCSCCCSCCSC1. The Morgan fingerprint density at radius 1 is 0.895 bits per heavy atom. The third-order valence-electron chi connectivity index (χ3n) is 2.68. The lowest BCUT2D eigenvalue weighted by Crippen LogP contribution is -2.32. The van der Waals surface area contributed by atoms with Crippen molar-refractivity contribution in [3.8, 4) is 0 Å². The second-order valence-corrected chi connectivity index (χ2v) is 9.02. The van der Waals surface area contributed by atoms with Crippen molar-refractivity contribution in [3.63, 3.8) is 0 Å². The van der Waals surface area contributed by atoms with Crippen LogP contribution in [0.5, 0.6) is 0 Å². The Kier molecular flexibility index (Phi) is 10.8. The summed E-state index contributed by atoms with van der Waals surface area (Å²) in [5, 5.41) is 18.6. The van der Waals surface area contributed by atoms with E-state index in [0.29, 0.717) is 0 Å². The van der Waals surface area contributed by atoms with Gasteiger partial charge in [0.1, 0.15) is 0 Å². The van der Waals surface area contributed by atoms with Crippen molar-refractivity contribution in [2.24, 2.45) is 5.92 Å². The molecule has 1 atom stereocenters. The first-order chi connectivity index (χ1) is 9.22. The molecule has 7 heteroatoms. The summed E-state index contributed by atoms with van der Waals surface area (Å²) in [4.78, 5) is 10.9. The van der Waals surface area contributed by atoms with Crippen molar-refractivity contribution in [2.75, 3.05) is 46.0 Å². The van der Waals surface area contributed by atoms with Crippen LogP contribution in [0, 0.1) is 5.92 Å². The fourth-order valence-electron chi connectivity index (χ4n) is 1.60. The highest BCUT2D eigenvalue weighted by atomic mass is 32.2. The fourth-order valence-corrected chi connectivity index (χ4v) is 6.47. The molecule has 0 aromatic heterocycles. The summed E-state index contributed by atoms with van der Waals surface area (Å²) in [5.74, 6) is 7.06. The van der Waals surface area contributed by atoms with Crippen molar-refractivity contribution in [2.45, 2.75) is 12.5 Å². The van der Waals surface area contributed by atoms with Crippen molar-refractivity contribution in [3.05, 3.63) is 0 Å². The van der Waals surface area contributed by atoms with Gasteiger partial charge in [-0.25, -0.2) is 4.79 Å². The molecule has 0 aliphatic carbocycles. The lowest BCUT2D eigenvalue weighted by atomic mass is 10.1. The zero-order valence-corrected chi connectivity index (χ0v) is 14.2. The van der Waals surface area contributed by atoms with Crippen LogP contribution in [0.15, 0.2) is 0 Å². The topological polar surface area (TPSA) is 57.5 Å². The molecular formula is C12H22O3S4. The van der Waals surface area contributed by atoms with Crippen LogP contribution in [-0.2, 0) is 4.79 Å². The number of carboxylic acids is 1. The van der Waals surface area contributed by atoms with Gasteiger partial charge in [0, 0.05) is 28.9 Å². The van der Waals surface area contributed by atoms with E-state index in [2.05, 4.69) is 0 Å². The van der Waals surface area contributed by atoms with E-state index in [4.69, 9.17) is 5.11 Å². The summed E-state index contributed by atoms with van der Waals surface area (Å²) in [7, 11) is 0. The molecule has 1 aliphatic heterocycles. The number of thioether (sulfide) groups is 4. The molecule has 0 aromatic carbocycles. The van der Waals surface area contributed by atoms with Crippen LogP contribution in [0.25, 0.3) is 0 Å². The Balaban J connectivity index is 2.38. The molecule has 0 bridgehead atoms. The van der Waals surface area contributed by atoms with Gasteiger partial charge < -0.3 is 10.2 Å². The Morgan fingerprint density at radius 3 is 1.84 bits per heavy atom. The van der Waals surface area contributed by atoms with Crippen molar-refractivity contribution in [1.29, 1.82) is 0 Å². The van der Waals surface area contributed by atoms with Crippen LogP contribution in [0.1, 0.15) is 6.42 Å². The summed E-state index contributed by atoms with van der Waals surface area (Å²) in [6.45, 7) is 0. The molecule has 1 saturated heterocycles. The lowest BCUT2D eigenvalue weighted by Gasteiger charge is -2.19. The van der Waals surface area contributed by atoms with Gasteiger partial charge in [-0.2, -0.15) is 47.0 Å². The Morgan fingerprint density at radius 2 is 1.37 bits per heavy atom. The van der Waals surface area contributed by atoms with E-state index in [1.807, 2.05) is 23.5 Å². The lowest BCUT2D eigenvalue weighted by molar-refractivity contribution is -0.148. The monoisotopic (exact) mass is 342 g/mol. The first kappa shape index (κ1) is 17.9. The van der Waals surface area contributed by atoms with Gasteiger partial charge in [0.15, 0.2) is 6.10 Å². The number of aliphatic hydroxyl groups is 1. The maximum absolute atomic E-state index is 10.9. The summed E-state index contributed by atoms with van der Waals surface area (Å²) in [5.41, 5.74) is 0. The zero-order chi connectivity index (χ0) is 13.9. The summed E-state index contributed by atoms with van der Waals surface area (Å²) >= 11 is 7.50. The molecule has 0 aromatic rings. The quantitative estimate of drug-likeness (QED) is 0.799. The van der Waals surface area contributed by atoms with E-state index >= 15 is 0 Å². The summed E-state index contributed by atoms with van der Waals surface area (Å²) in [6, 6.07) is 0. The summed E-state index contributed by atoms with van der Waals surface area (Å²) < 4.78 is 0. The highest BCUT2D eigenvalue weighted by Crippen LogP contribution is 2.21. The van der Waals surface area contributed by atoms with Gasteiger partial charge in [-0.05, 0) is 29.4 Å². The van der Waals surface area contributed by atoms with Gasteiger partial charge in [-0.15, -0.1) is 0 Å². The van der Waals surface area contributed by atoms with Gasteiger partial charge in [0.05, 0.1) is 0 Å². The summed E-state index contributed by atoms with van der Waals surface area (Å²) in [6.07, 6.45) is 0.0681. The number of hydrogen-bond acceptors (Lipinski definition) is 6. The number of hydrogen-bond donors (Lipinski definition) is 2. The Bertz CT molecular complexity index is 239. The molecule has 0 saturated carbocycles. The van der Waals surface area contributed by atoms with Crippen LogP contribution in [0.3, 0.4) is 0 Å². The van der Waals surface area contributed by atoms with Crippen molar-refractivity contribution < 1.29 is 15.0 Å². The number of carbonyl (C=O) groups is 1. The smallest absolute Gasteiger partial charge is 0.332 e. The number of rotatable bonds is 2. The van der Waals surface area contributed by atoms with Crippen LogP contribution in [0.4, 0.5) is 0 Å².